The van der Waals surface area contributed by atoms with Crippen molar-refractivity contribution in [1.82, 2.24) is 29.9 Å². The smallest absolute Gasteiger partial charge is 0.271 e. The minimum Gasteiger partial charge on any atom is -0.396 e. The van der Waals surface area contributed by atoms with Gasteiger partial charge in [-0.3, -0.25) is 9.48 Å². The van der Waals surface area contributed by atoms with Crippen LogP contribution in [0.15, 0.2) is 12.5 Å². The van der Waals surface area contributed by atoms with E-state index in [1.54, 1.807) is 13.4 Å². The van der Waals surface area contributed by atoms with Crippen LogP contribution >= 0.6 is 0 Å². The molecule has 0 saturated carbocycles. The second-order valence-electron chi connectivity index (χ2n) is 3.94. The Kier molecular flexibility index (Phi) is 3.26. The zero-order valence-electron chi connectivity index (χ0n) is 10.3. The molecular weight excluding hydrogens is 234 g/mol. The quantitative estimate of drug-likeness (QED) is 0.731. The summed E-state index contributed by atoms with van der Waals surface area (Å²) in [5, 5.41) is 14.4. The maximum atomic E-state index is 11.9. The van der Waals surface area contributed by atoms with Crippen molar-refractivity contribution in [1.29, 1.82) is 0 Å². The predicted octanol–water partition coefficient (Wildman–Crippen LogP) is -0.897. The van der Waals surface area contributed by atoms with Gasteiger partial charge in [0.05, 0.1) is 11.9 Å². The van der Waals surface area contributed by atoms with E-state index < -0.39 is 0 Å². The lowest BCUT2D eigenvalue weighted by atomic mass is 10.3. The van der Waals surface area contributed by atoms with Gasteiger partial charge in [-0.05, 0) is 0 Å². The van der Waals surface area contributed by atoms with Crippen molar-refractivity contribution < 1.29 is 4.79 Å². The Labute approximate surface area is 104 Å². The molecule has 2 rings (SSSR count). The van der Waals surface area contributed by atoms with Gasteiger partial charge in [0, 0.05) is 27.1 Å². The SMILES string of the molecule is Cn1cnnc1CCNC(=O)c1c(N)cnn1C. The van der Waals surface area contributed by atoms with Crippen LogP contribution in [0.3, 0.4) is 0 Å². The van der Waals surface area contributed by atoms with Gasteiger partial charge in [0.2, 0.25) is 0 Å². The van der Waals surface area contributed by atoms with Crippen molar-refractivity contribution in [3.8, 4) is 0 Å². The molecule has 3 N–H and O–H groups in total. The number of aromatic nitrogens is 5. The van der Waals surface area contributed by atoms with E-state index in [1.165, 1.54) is 10.9 Å². The second-order valence-corrected chi connectivity index (χ2v) is 3.94. The summed E-state index contributed by atoms with van der Waals surface area (Å²) in [6, 6.07) is 0. The van der Waals surface area contributed by atoms with E-state index in [4.69, 9.17) is 5.73 Å². The van der Waals surface area contributed by atoms with Crippen LogP contribution in [0, 0.1) is 0 Å². The van der Waals surface area contributed by atoms with Gasteiger partial charge in [0.25, 0.3) is 5.91 Å². The van der Waals surface area contributed by atoms with Gasteiger partial charge in [-0.15, -0.1) is 10.2 Å². The molecule has 8 heteroatoms. The Morgan fingerprint density at radius 1 is 1.50 bits per heavy atom. The van der Waals surface area contributed by atoms with E-state index in [0.717, 1.165) is 5.82 Å². The van der Waals surface area contributed by atoms with Gasteiger partial charge in [0.1, 0.15) is 17.8 Å². The number of amides is 1. The van der Waals surface area contributed by atoms with Crippen molar-refractivity contribution >= 4 is 11.6 Å². The van der Waals surface area contributed by atoms with Crippen LogP contribution in [0.25, 0.3) is 0 Å². The number of rotatable bonds is 4. The summed E-state index contributed by atoms with van der Waals surface area (Å²) in [5.74, 6) is 0.572. The molecule has 1 amide bonds. The summed E-state index contributed by atoms with van der Waals surface area (Å²) in [4.78, 5) is 11.9. The van der Waals surface area contributed by atoms with Crippen LogP contribution in [-0.2, 0) is 20.5 Å². The first-order chi connectivity index (χ1) is 8.59. The summed E-state index contributed by atoms with van der Waals surface area (Å²) in [6.07, 6.45) is 3.69. The number of nitrogens with zero attached hydrogens (tertiary/aromatic N) is 5. The van der Waals surface area contributed by atoms with E-state index in [2.05, 4.69) is 20.6 Å². The number of nitrogens with two attached hydrogens (primary N) is 1. The van der Waals surface area contributed by atoms with Crippen LogP contribution in [0.4, 0.5) is 5.69 Å². The number of nitrogens with one attached hydrogen (secondary N) is 1. The third kappa shape index (κ3) is 2.31. The summed E-state index contributed by atoms with van der Waals surface area (Å²) in [5.41, 5.74) is 6.40. The largest absolute Gasteiger partial charge is 0.396 e. The van der Waals surface area contributed by atoms with Gasteiger partial charge in [-0.25, -0.2) is 0 Å². The molecule has 2 heterocycles. The highest BCUT2D eigenvalue weighted by molar-refractivity contribution is 5.97. The minimum absolute atomic E-state index is 0.241. The number of carbonyl (C=O) groups excluding carboxylic acids is 1. The molecular formula is C10H15N7O. The first-order valence-corrected chi connectivity index (χ1v) is 5.48. The number of nitrogen functional groups attached to an aromatic ring is 1. The summed E-state index contributed by atoms with van der Waals surface area (Å²) < 4.78 is 3.26. The first-order valence-electron chi connectivity index (χ1n) is 5.48. The standard InChI is InChI=1S/C10H15N7O/c1-16-6-13-15-8(16)3-4-12-10(18)9-7(11)5-14-17(9)2/h5-6H,3-4,11H2,1-2H3,(H,12,18). The van der Waals surface area contributed by atoms with Gasteiger partial charge in [-0.1, -0.05) is 0 Å². The fourth-order valence-electron chi connectivity index (χ4n) is 1.64. The monoisotopic (exact) mass is 249 g/mol. The van der Waals surface area contributed by atoms with E-state index in [1.807, 2.05) is 11.6 Å². The Hall–Kier alpha value is -2.38. The number of hydrogen-bond donors (Lipinski definition) is 2. The van der Waals surface area contributed by atoms with Crippen LogP contribution in [-0.4, -0.2) is 37.0 Å². The Balaban J connectivity index is 1.92. The molecule has 0 aromatic carbocycles. The maximum absolute atomic E-state index is 11.9. The molecule has 96 valence electrons. The summed E-state index contributed by atoms with van der Waals surface area (Å²) in [6.45, 7) is 0.468. The molecule has 0 atom stereocenters. The van der Waals surface area contributed by atoms with Crippen LogP contribution in [0.1, 0.15) is 16.3 Å². The lowest BCUT2D eigenvalue weighted by molar-refractivity contribution is 0.0945. The number of aryl methyl sites for hydroxylation is 2. The van der Waals surface area contributed by atoms with E-state index in [0.29, 0.717) is 24.3 Å². The summed E-state index contributed by atoms with van der Waals surface area (Å²) >= 11 is 0. The lowest BCUT2D eigenvalue weighted by Gasteiger charge is -2.05. The van der Waals surface area contributed by atoms with Crippen molar-refractivity contribution in [2.75, 3.05) is 12.3 Å². The zero-order chi connectivity index (χ0) is 13.1. The van der Waals surface area contributed by atoms with E-state index in [-0.39, 0.29) is 5.91 Å². The van der Waals surface area contributed by atoms with E-state index >= 15 is 0 Å². The highest BCUT2D eigenvalue weighted by Gasteiger charge is 2.14. The number of hydrogen-bond acceptors (Lipinski definition) is 5. The van der Waals surface area contributed by atoms with Gasteiger partial charge in [0.15, 0.2) is 0 Å². The van der Waals surface area contributed by atoms with Gasteiger partial charge >= 0.3 is 0 Å². The first kappa shape index (κ1) is 12.1. The fourth-order valence-corrected chi connectivity index (χ4v) is 1.64. The molecule has 0 aliphatic heterocycles. The molecule has 18 heavy (non-hydrogen) atoms. The molecule has 8 nitrogen and oxygen atoms in total. The van der Waals surface area contributed by atoms with Crippen LogP contribution < -0.4 is 11.1 Å². The molecule has 0 saturated heterocycles. The lowest BCUT2D eigenvalue weighted by Crippen LogP contribution is -2.28. The highest BCUT2D eigenvalue weighted by Crippen LogP contribution is 2.08. The predicted molar refractivity (Wildman–Crippen MR) is 64.7 cm³/mol. The Morgan fingerprint density at radius 3 is 2.83 bits per heavy atom. The molecule has 0 radical (unpaired) electrons. The average molecular weight is 249 g/mol. The molecule has 0 fully saturated rings. The minimum atomic E-state index is -0.241. The van der Waals surface area contributed by atoms with Crippen molar-refractivity contribution in [2.45, 2.75) is 6.42 Å². The average Bonchev–Trinajstić information content (AvgIpc) is 2.86. The van der Waals surface area contributed by atoms with Crippen molar-refractivity contribution in [3.05, 3.63) is 24.0 Å². The zero-order valence-corrected chi connectivity index (χ0v) is 10.3. The normalized spacial score (nSPS) is 10.6. The Bertz CT molecular complexity index is 537. The van der Waals surface area contributed by atoms with Crippen LogP contribution in [0.5, 0.6) is 0 Å². The fraction of sp³-hybridized carbons (Fsp3) is 0.400. The molecule has 0 bridgehead atoms. The molecule has 2 aromatic heterocycles. The maximum Gasteiger partial charge on any atom is 0.271 e. The highest BCUT2D eigenvalue weighted by atomic mass is 16.2. The number of carbonyl (C=O) groups is 1. The molecule has 2 aromatic rings. The third-order valence-corrected chi connectivity index (χ3v) is 2.62. The number of anilines is 1. The Morgan fingerprint density at radius 2 is 2.28 bits per heavy atom. The molecule has 0 aliphatic carbocycles. The molecule has 0 spiro atoms. The third-order valence-electron chi connectivity index (χ3n) is 2.62. The van der Waals surface area contributed by atoms with E-state index in [9.17, 15) is 4.79 Å². The summed E-state index contributed by atoms with van der Waals surface area (Å²) in [7, 11) is 3.53. The van der Waals surface area contributed by atoms with Crippen LogP contribution in [0.2, 0.25) is 0 Å². The van der Waals surface area contributed by atoms with Gasteiger partial charge in [-0.2, -0.15) is 5.10 Å². The topological polar surface area (TPSA) is 104 Å². The van der Waals surface area contributed by atoms with Gasteiger partial charge < -0.3 is 15.6 Å². The second kappa shape index (κ2) is 4.86. The van der Waals surface area contributed by atoms with Crippen molar-refractivity contribution in [2.24, 2.45) is 14.1 Å². The molecule has 0 unspecified atom stereocenters. The van der Waals surface area contributed by atoms with Crippen molar-refractivity contribution in [3.63, 3.8) is 0 Å². The molecule has 0 aliphatic rings.